The third-order valence-electron chi connectivity index (χ3n) is 5.55. The van der Waals surface area contributed by atoms with E-state index in [4.69, 9.17) is 9.47 Å². The van der Waals surface area contributed by atoms with Crippen molar-refractivity contribution in [3.63, 3.8) is 0 Å². The van der Waals surface area contributed by atoms with Crippen LogP contribution in [0, 0.1) is 19.7 Å². The maximum atomic E-state index is 13.0. The van der Waals surface area contributed by atoms with Crippen molar-refractivity contribution in [2.45, 2.75) is 33.3 Å². The Morgan fingerprint density at radius 1 is 1.00 bits per heavy atom. The first-order valence-corrected chi connectivity index (χ1v) is 10.4. The molecule has 0 N–H and O–H groups in total. The lowest BCUT2D eigenvalue weighted by Gasteiger charge is -2.37. The van der Waals surface area contributed by atoms with Gasteiger partial charge in [-0.2, -0.15) is 0 Å². The summed E-state index contributed by atoms with van der Waals surface area (Å²) >= 11 is 0. The molecule has 0 radical (unpaired) electrons. The Labute approximate surface area is 182 Å². The van der Waals surface area contributed by atoms with E-state index in [0.29, 0.717) is 18.8 Å². The molecule has 1 aliphatic heterocycles. The van der Waals surface area contributed by atoms with Crippen LogP contribution in [0.25, 0.3) is 0 Å². The van der Waals surface area contributed by atoms with Crippen LogP contribution in [-0.4, -0.2) is 55.2 Å². The van der Waals surface area contributed by atoms with Crippen LogP contribution in [-0.2, 0) is 14.3 Å². The average molecular weight is 429 g/mol. The zero-order valence-corrected chi connectivity index (χ0v) is 18.5. The van der Waals surface area contributed by atoms with Gasteiger partial charge < -0.3 is 19.3 Å². The lowest BCUT2D eigenvalue weighted by atomic mass is 10.1. The number of ether oxygens (including phenoxy) is 2. The first-order valence-electron chi connectivity index (χ1n) is 10.4. The largest absolute Gasteiger partial charge is 0.476 e. The molecule has 0 aromatic heterocycles. The van der Waals surface area contributed by atoms with Crippen molar-refractivity contribution >= 4 is 17.6 Å². The number of nitrogens with zero attached hydrogens (tertiary/aromatic N) is 2. The lowest BCUT2D eigenvalue weighted by Crippen LogP contribution is -2.50. The number of carbonyl (C=O) groups is 2. The number of rotatable bonds is 6. The monoisotopic (exact) mass is 428 g/mol. The number of carbonyl (C=O) groups excluding carboxylic acids is 2. The summed E-state index contributed by atoms with van der Waals surface area (Å²) in [5.41, 5.74) is 2.38. The van der Waals surface area contributed by atoms with Gasteiger partial charge in [0.1, 0.15) is 11.6 Å². The number of esters is 1. The summed E-state index contributed by atoms with van der Waals surface area (Å²) in [6.45, 7) is 9.55. The summed E-state index contributed by atoms with van der Waals surface area (Å²) in [5, 5.41) is 0. The Bertz CT molecular complexity index is 935. The number of hydrogen-bond donors (Lipinski definition) is 0. The highest BCUT2D eigenvalue weighted by Crippen LogP contribution is 2.24. The van der Waals surface area contributed by atoms with Crippen molar-refractivity contribution in [2.75, 3.05) is 37.7 Å². The molecule has 1 saturated heterocycles. The van der Waals surface area contributed by atoms with Gasteiger partial charge >= 0.3 is 5.97 Å². The SMILES string of the molecule is Cc1cccc(N2CCN(C(=O)COC(=O)C(C)(C)Oc3ccc(F)cc3)CC2)c1C. The molecule has 0 atom stereocenters. The number of hydrogen-bond acceptors (Lipinski definition) is 5. The summed E-state index contributed by atoms with van der Waals surface area (Å²) in [7, 11) is 0. The minimum Gasteiger partial charge on any atom is -0.476 e. The maximum absolute atomic E-state index is 13.0. The van der Waals surface area contributed by atoms with Crippen LogP contribution in [0.15, 0.2) is 42.5 Å². The van der Waals surface area contributed by atoms with Crippen molar-refractivity contribution in [1.82, 2.24) is 4.90 Å². The molecule has 166 valence electrons. The normalized spacial score (nSPS) is 14.4. The van der Waals surface area contributed by atoms with Gasteiger partial charge in [0, 0.05) is 31.9 Å². The predicted molar refractivity (Wildman–Crippen MR) is 117 cm³/mol. The molecule has 2 aromatic carbocycles. The molecule has 1 fully saturated rings. The zero-order chi connectivity index (χ0) is 22.6. The van der Waals surface area contributed by atoms with Gasteiger partial charge in [-0.25, -0.2) is 9.18 Å². The molecular weight excluding hydrogens is 399 g/mol. The van der Waals surface area contributed by atoms with Crippen molar-refractivity contribution in [3.8, 4) is 5.75 Å². The molecule has 1 aliphatic rings. The van der Waals surface area contributed by atoms with Crippen LogP contribution >= 0.6 is 0 Å². The summed E-state index contributed by atoms with van der Waals surface area (Å²) < 4.78 is 23.9. The fourth-order valence-electron chi connectivity index (χ4n) is 3.51. The van der Waals surface area contributed by atoms with E-state index in [2.05, 4.69) is 30.9 Å². The fraction of sp³-hybridized carbons (Fsp3) is 0.417. The van der Waals surface area contributed by atoms with E-state index < -0.39 is 17.4 Å². The molecule has 2 aromatic rings. The predicted octanol–water partition coefficient (Wildman–Crippen LogP) is 3.49. The van der Waals surface area contributed by atoms with Crippen LogP contribution in [0.3, 0.4) is 0 Å². The number of halogens is 1. The van der Waals surface area contributed by atoms with E-state index in [1.165, 1.54) is 41.1 Å². The lowest BCUT2D eigenvalue weighted by molar-refractivity contribution is -0.164. The second-order valence-corrected chi connectivity index (χ2v) is 8.23. The van der Waals surface area contributed by atoms with E-state index in [9.17, 15) is 14.0 Å². The van der Waals surface area contributed by atoms with Crippen molar-refractivity contribution in [3.05, 3.63) is 59.4 Å². The molecule has 0 saturated carbocycles. The number of anilines is 1. The van der Waals surface area contributed by atoms with Gasteiger partial charge in [0.25, 0.3) is 5.91 Å². The standard InChI is InChI=1S/C24H29FN2O4/c1-17-6-5-7-21(18(17)2)26-12-14-27(15-13-26)22(28)16-30-23(29)24(3,4)31-20-10-8-19(25)9-11-20/h5-11H,12-16H2,1-4H3. The molecule has 0 aliphatic carbocycles. The average Bonchev–Trinajstić information content (AvgIpc) is 2.75. The minimum absolute atomic E-state index is 0.230. The Morgan fingerprint density at radius 3 is 2.29 bits per heavy atom. The summed E-state index contributed by atoms with van der Waals surface area (Å²) in [4.78, 5) is 29.0. The smallest absolute Gasteiger partial charge is 0.350 e. The third kappa shape index (κ3) is 5.54. The molecule has 1 amide bonds. The van der Waals surface area contributed by atoms with Gasteiger partial charge in [0.2, 0.25) is 0 Å². The van der Waals surface area contributed by atoms with E-state index in [1.54, 1.807) is 18.7 Å². The van der Waals surface area contributed by atoms with Crippen molar-refractivity contribution in [1.29, 1.82) is 0 Å². The fourth-order valence-corrected chi connectivity index (χ4v) is 3.51. The number of aryl methyl sites for hydroxylation is 1. The van der Waals surface area contributed by atoms with Gasteiger partial charge in [0.15, 0.2) is 12.2 Å². The van der Waals surface area contributed by atoms with Crippen LogP contribution in [0.2, 0.25) is 0 Å². The van der Waals surface area contributed by atoms with Crippen molar-refractivity contribution in [2.24, 2.45) is 0 Å². The van der Waals surface area contributed by atoms with Crippen LogP contribution in [0.1, 0.15) is 25.0 Å². The number of benzene rings is 2. The molecule has 6 nitrogen and oxygen atoms in total. The van der Waals surface area contributed by atoms with Gasteiger partial charge in [0.05, 0.1) is 0 Å². The molecule has 31 heavy (non-hydrogen) atoms. The van der Waals surface area contributed by atoms with Crippen LogP contribution in [0.5, 0.6) is 5.75 Å². The van der Waals surface area contributed by atoms with E-state index in [1.807, 2.05) is 6.07 Å². The minimum atomic E-state index is -1.31. The first kappa shape index (κ1) is 22.6. The quantitative estimate of drug-likeness (QED) is 0.660. The maximum Gasteiger partial charge on any atom is 0.350 e. The zero-order valence-electron chi connectivity index (χ0n) is 18.5. The van der Waals surface area contributed by atoms with E-state index in [-0.39, 0.29) is 12.5 Å². The number of piperazine rings is 1. The van der Waals surface area contributed by atoms with Crippen LogP contribution in [0.4, 0.5) is 10.1 Å². The van der Waals surface area contributed by atoms with Gasteiger partial charge in [-0.15, -0.1) is 0 Å². The molecule has 7 heteroatoms. The molecule has 3 rings (SSSR count). The van der Waals surface area contributed by atoms with Gasteiger partial charge in [-0.1, -0.05) is 12.1 Å². The number of amides is 1. The second-order valence-electron chi connectivity index (χ2n) is 8.23. The summed E-state index contributed by atoms with van der Waals surface area (Å²) in [5.74, 6) is -0.932. The van der Waals surface area contributed by atoms with Crippen molar-refractivity contribution < 1.29 is 23.5 Å². The molecule has 0 unspecified atom stereocenters. The Hall–Kier alpha value is -3.09. The Balaban J connectivity index is 1.49. The Kier molecular flexibility index (Phi) is 6.83. The molecular formula is C24H29FN2O4. The third-order valence-corrected chi connectivity index (χ3v) is 5.55. The highest BCUT2D eigenvalue weighted by Gasteiger charge is 2.33. The van der Waals surface area contributed by atoms with Gasteiger partial charge in [-0.05, 0) is 69.2 Å². The van der Waals surface area contributed by atoms with Gasteiger partial charge in [-0.3, -0.25) is 4.79 Å². The van der Waals surface area contributed by atoms with Crippen LogP contribution < -0.4 is 9.64 Å². The topological polar surface area (TPSA) is 59.1 Å². The summed E-state index contributed by atoms with van der Waals surface area (Å²) in [6.07, 6.45) is 0. The molecule has 0 spiro atoms. The summed E-state index contributed by atoms with van der Waals surface area (Å²) in [6, 6.07) is 11.6. The van der Waals surface area contributed by atoms with E-state index in [0.717, 1.165) is 13.1 Å². The van der Waals surface area contributed by atoms with E-state index >= 15 is 0 Å². The Morgan fingerprint density at radius 2 is 1.65 bits per heavy atom. The second kappa shape index (κ2) is 9.37. The highest BCUT2D eigenvalue weighted by molar-refractivity contribution is 5.84. The first-order chi connectivity index (χ1) is 14.7. The highest BCUT2D eigenvalue weighted by atomic mass is 19.1. The molecule has 1 heterocycles. The molecule has 0 bridgehead atoms.